The number of rotatable bonds is 9. The van der Waals surface area contributed by atoms with Gasteiger partial charge in [0.2, 0.25) is 11.5 Å². The number of methoxy groups -OCH3 is 4. The predicted molar refractivity (Wildman–Crippen MR) is 103 cm³/mol. The molecule has 0 amide bonds. The summed E-state index contributed by atoms with van der Waals surface area (Å²) >= 11 is 0. The number of carbonyl (C=O) groups excluding carboxylic acids is 1. The van der Waals surface area contributed by atoms with E-state index in [-0.39, 0.29) is 22.8 Å². The molecule has 0 radical (unpaired) electrons. The van der Waals surface area contributed by atoms with Gasteiger partial charge < -0.3 is 24.3 Å². The highest BCUT2D eigenvalue weighted by atomic mass is 16.6. The van der Waals surface area contributed by atoms with Gasteiger partial charge >= 0.3 is 5.69 Å². The van der Waals surface area contributed by atoms with Crippen molar-refractivity contribution in [2.75, 3.05) is 33.8 Å². The molecular weight excluding hydrogens is 368 g/mol. The number of nitrogens with one attached hydrogen (secondary N) is 1. The summed E-state index contributed by atoms with van der Waals surface area (Å²) in [4.78, 5) is 23.5. The number of hydrogen-bond acceptors (Lipinski definition) is 8. The van der Waals surface area contributed by atoms with E-state index in [4.69, 9.17) is 18.9 Å². The number of allylic oxidation sites excluding steroid dienone is 1. The SMILES string of the molecule is COc1ccc(N/C=C\C(=O)c2cc(OC)c(OC)c(OC)c2[N+](=O)[O-])cc1. The van der Waals surface area contributed by atoms with Gasteiger partial charge in [0.05, 0.1) is 33.4 Å². The van der Waals surface area contributed by atoms with Crippen LogP contribution in [0.3, 0.4) is 0 Å². The van der Waals surface area contributed by atoms with Crippen molar-refractivity contribution in [1.29, 1.82) is 0 Å². The number of nitro benzene ring substituents is 1. The van der Waals surface area contributed by atoms with Gasteiger partial charge in [0.1, 0.15) is 11.3 Å². The van der Waals surface area contributed by atoms with Crippen LogP contribution in [0.25, 0.3) is 0 Å². The first-order valence-electron chi connectivity index (χ1n) is 8.05. The smallest absolute Gasteiger partial charge is 0.326 e. The monoisotopic (exact) mass is 388 g/mol. The van der Waals surface area contributed by atoms with Crippen LogP contribution in [0.2, 0.25) is 0 Å². The second-order valence-electron chi connectivity index (χ2n) is 5.37. The Morgan fingerprint density at radius 3 is 2.14 bits per heavy atom. The molecule has 0 unspecified atom stereocenters. The van der Waals surface area contributed by atoms with Gasteiger partial charge in [-0.3, -0.25) is 14.9 Å². The Bertz CT molecular complexity index is 892. The summed E-state index contributed by atoms with van der Waals surface area (Å²) in [6.45, 7) is 0. The van der Waals surface area contributed by atoms with Gasteiger partial charge in [-0.25, -0.2) is 0 Å². The molecule has 0 saturated carbocycles. The second kappa shape index (κ2) is 9.26. The van der Waals surface area contributed by atoms with Crippen LogP contribution >= 0.6 is 0 Å². The summed E-state index contributed by atoms with van der Waals surface area (Å²) in [6.07, 6.45) is 2.56. The topological polar surface area (TPSA) is 109 Å². The number of ketones is 1. The normalized spacial score (nSPS) is 10.4. The first-order chi connectivity index (χ1) is 13.5. The maximum absolute atomic E-state index is 12.6. The molecule has 9 nitrogen and oxygen atoms in total. The third kappa shape index (κ3) is 4.32. The van der Waals surface area contributed by atoms with Gasteiger partial charge in [0.25, 0.3) is 0 Å². The fraction of sp³-hybridized carbons (Fsp3) is 0.211. The largest absolute Gasteiger partial charge is 0.497 e. The quantitative estimate of drug-likeness (QED) is 0.301. The zero-order valence-electron chi connectivity index (χ0n) is 15.8. The van der Waals surface area contributed by atoms with Crippen LogP contribution in [-0.4, -0.2) is 39.1 Å². The summed E-state index contributed by atoms with van der Waals surface area (Å²) in [5.41, 5.74) is 0.0239. The van der Waals surface area contributed by atoms with Crippen molar-refractivity contribution < 1.29 is 28.7 Å². The molecule has 1 N–H and O–H groups in total. The van der Waals surface area contributed by atoms with Crippen molar-refractivity contribution >= 4 is 17.2 Å². The average Bonchev–Trinajstić information content (AvgIpc) is 2.72. The first-order valence-corrected chi connectivity index (χ1v) is 8.05. The van der Waals surface area contributed by atoms with Crippen molar-refractivity contribution in [1.82, 2.24) is 0 Å². The Balaban J connectivity index is 2.36. The number of anilines is 1. The fourth-order valence-corrected chi connectivity index (χ4v) is 2.50. The third-order valence-electron chi connectivity index (χ3n) is 3.83. The van der Waals surface area contributed by atoms with E-state index in [2.05, 4.69) is 5.32 Å². The van der Waals surface area contributed by atoms with Crippen molar-refractivity contribution in [3.8, 4) is 23.0 Å². The molecule has 2 aromatic carbocycles. The molecule has 0 aliphatic carbocycles. The lowest BCUT2D eigenvalue weighted by Crippen LogP contribution is -2.07. The van der Waals surface area contributed by atoms with Gasteiger partial charge in [-0.1, -0.05) is 0 Å². The van der Waals surface area contributed by atoms with E-state index in [1.54, 1.807) is 31.4 Å². The van der Waals surface area contributed by atoms with Crippen LogP contribution in [-0.2, 0) is 0 Å². The van der Waals surface area contributed by atoms with E-state index in [0.717, 1.165) is 0 Å². The zero-order chi connectivity index (χ0) is 20.7. The van der Waals surface area contributed by atoms with Gasteiger partial charge in [0.15, 0.2) is 11.5 Å². The third-order valence-corrected chi connectivity index (χ3v) is 3.83. The zero-order valence-corrected chi connectivity index (χ0v) is 15.8. The van der Waals surface area contributed by atoms with Gasteiger partial charge in [-0.15, -0.1) is 0 Å². The Morgan fingerprint density at radius 1 is 1.00 bits per heavy atom. The average molecular weight is 388 g/mol. The van der Waals surface area contributed by atoms with Gasteiger partial charge in [-0.05, 0) is 24.3 Å². The molecular formula is C19H20N2O7. The number of nitro groups is 1. The minimum Gasteiger partial charge on any atom is -0.497 e. The standard InChI is InChI=1S/C19H20N2O7/c1-25-13-7-5-12(6-8-13)20-10-9-15(22)14-11-16(26-2)18(27-3)19(28-4)17(14)21(23)24/h5-11,20H,1-4H3/b10-9-. The Kier molecular flexibility index (Phi) is 6.80. The van der Waals surface area contributed by atoms with Crippen LogP contribution < -0.4 is 24.3 Å². The molecule has 0 fully saturated rings. The van der Waals surface area contributed by atoms with Crippen LogP contribution in [0, 0.1) is 10.1 Å². The number of carbonyl (C=O) groups is 1. The summed E-state index contributed by atoms with van der Waals surface area (Å²) in [7, 11) is 5.49. The summed E-state index contributed by atoms with van der Waals surface area (Å²) in [6, 6.07) is 8.27. The Labute approximate surface area is 161 Å². The molecule has 2 aromatic rings. The minimum absolute atomic E-state index is 0.0357. The van der Waals surface area contributed by atoms with E-state index in [1.165, 1.54) is 39.7 Å². The minimum atomic E-state index is -0.696. The summed E-state index contributed by atoms with van der Waals surface area (Å²) in [5.74, 6) is 0.0794. The number of nitrogens with zero attached hydrogens (tertiary/aromatic N) is 1. The molecule has 0 atom stereocenters. The molecule has 0 saturated heterocycles. The van der Waals surface area contributed by atoms with Crippen molar-refractivity contribution in [2.45, 2.75) is 0 Å². The van der Waals surface area contributed by atoms with Gasteiger partial charge in [-0.2, -0.15) is 0 Å². The molecule has 0 aromatic heterocycles. The number of ether oxygens (including phenoxy) is 4. The lowest BCUT2D eigenvalue weighted by atomic mass is 10.1. The van der Waals surface area contributed by atoms with Gasteiger partial charge in [0, 0.05) is 24.0 Å². The second-order valence-corrected chi connectivity index (χ2v) is 5.37. The molecule has 0 bridgehead atoms. The van der Waals surface area contributed by atoms with Crippen LogP contribution in [0.15, 0.2) is 42.6 Å². The van der Waals surface area contributed by atoms with E-state index >= 15 is 0 Å². The van der Waals surface area contributed by atoms with Crippen LogP contribution in [0.5, 0.6) is 23.0 Å². The van der Waals surface area contributed by atoms with E-state index in [9.17, 15) is 14.9 Å². The molecule has 9 heteroatoms. The van der Waals surface area contributed by atoms with Crippen molar-refractivity contribution in [2.24, 2.45) is 0 Å². The van der Waals surface area contributed by atoms with Crippen molar-refractivity contribution in [3.05, 3.63) is 58.3 Å². The Morgan fingerprint density at radius 2 is 1.64 bits per heavy atom. The highest BCUT2D eigenvalue weighted by Crippen LogP contribution is 2.46. The molecule has 0 aliphatic heterocycles. The molecule has 0 heterocycles. The molecule has 0 spiro atoms. The van der Waals surface area contributed by atoms with E-state index in [0.29, 0.717) is 11.4 Å². The van der Waals surface area contributed by atoms with E-state index < -0.39 is 16.4 Å². The number of benzene rings is 2. The number of hydrogen-bond donors (Lipinski definition) is 1. The van der Waals surface area contributed by atoms with E-state index in [1.807, 2.05) is 0 Å². The lowest BCUT2D eigenvalue weighted by molar-refractivity contribution is -0.386. The fourth-order valence-electron chi connectivity index (χ4n) is 2.50. The highest BCUT2D eigenvalue weighted by Gasteiger charge is 2.31. The predicted octanol–water partition coefficient (Wildman–Crippen LogP) is 3.44. The lowest BCUT2D eigenvalue weighted by Gasteiger charge is -2.14. The summed E-state index contributed by atoms with van der Waals surface area (Å²) in [5, 5.41) is 14.5. The maximum atomic E-state index is 12.6. The summed E-state index contributed by atoms with van der Waals surface area (Å²) < 4.78 is 20.5. The maximum Gasteiger partial charge on any atom is 0.326 e. The first kappa shape index (κ1) is 20.6. The highest BCUT2D eigenvalue weighted by molar-refractivity contribution is 6.09. The van der Waals surface area contributed by atoms with Crippen LogP contribution in [0.1, 0.15) is 10.4 Å². The van der Waals surface area contributed by atoms with Crippen molar-refractivity contribution in [3.63, 3.8) is 0 Å². The molecule has 28 heavy (non-hydrogen) atoms. The van der Waals surface area contributed by atoms with Crippen LogP contribution in [0.4, 0.5) is 11.4 Å². The molecule has 0 aliphatic rings. The molecule has 148 valence electrons. The molecule has 2 rings (SSSR count). The Hall–Kier alpha value is -3.75.